The molecule has 2 N–H and O–H groups in total. The number of likely N-dealkylation sites (tertiary alicyclic amines) is 1. The normalized spacial score (nSPS) is 18.6. The molecular weight excluding hydrogens is 314 g/mol. The van der Waals surface area contributed by atoms with Crippen molar-refractivity contribution in [2.24, 2.45) is 5.73 Å². The van der Waals surface area contributed by atoms with E-state index in [0.29, 0.717) is 12.2 Å². The number of carbonyl (C=O) groups is 1. The van der Waals surface area contributed by atoms with Gasteiger partial charge in [-0.15, -0.1) is 0 Å². The fourth-order valence-corrected chi connectivity index (χ4v) is 3.26. The molecular formula is C20H25N3O2. The highest BCUT2D eigenvalue weighted by Crippen LogP contribution is 2.22. The van der Waals surface area contributed by atoms with Crippen molar-refractivity contribution < 1.29 is 9.53 Å². The molecule has 25 heavy (non-hydrogen) atoms. The molecule has 5 nitrogen and oxygen atoms in total. The van der Waals surface area contributed by atoms with Crippen LogP contribution in [0, 0.1) is 0 Å². The molecule has 1 fully saturated rings. The Morgan fingerprint density at radius 2 is 2.08 bits per heavy atom. The van der Waals surface area contributed by atoms with Gasteiger partial charge in [0.25, 0.3) is 5.91 Å². The zero-order valence-corrected chi connectivity index (χ0v) is 14.6. The van der Waals surface area contributed by atoms with E-state index in [2.05, 4.69) is 4.98 Å². The quantitative estimate of drug-likeness (QED) is 0.909. The van der Waals surface area contributed by atoms with Crippen molar-refractivity contribution in [2.45, 2.75) is 44.9 Å². The number of aromatic nitrogens is 1. The second-order valence-electron chi connectivity index (χ2n) is 6.55. The van der Waals surface area contributed by atoms with Gasteiger partial charge < -0.3 is 15.4 Å². The van der Waals surface area contributed by atoms with Crippen LogP contribution in [0.15, 0.2) is 48.7 Å². The lowest BCUT2D eigenvalue weighted by atomic mass is 9.96. The molecule has 0 bridgehead atoms. The molecule has 1 aliphatic rings. The Morgan fingerprint density at radius 3 is 2.76 bits per heavy atom. The average Bonchev–Trinajstić information content (AvgIpc) is 2.67. The van der Waals surface area contributed by atoms with Gasteiger partial charge in [0.1, 0.15) is 12.4 Å². The van der Waals surface area contributed by atoms with Gasteiger partial charge in [-0.25, -0.2) is 0 Å². The van der Waals surface area contributed by atoms with Crippen LogP contribution in [0.2, 0.25) is 0 Å². The van der Waals surface area contributed by atoms with Gasteiger partial charge in [-0.2, -0.15) is 0 Å². The van der Waals surface area contributed by atoms with Crippen LogP contribution < -0.4 is 10.5 Å². The first-order valence-corrected chi connectivity index (χ1v) is 8.84. The molecule has 0 radical (unpaired) electrons. The van der Waals surface area contributed by atoms with Crippen LogP contribution in [-0.4, -0.2) is 34.4 Å². The Labute approximate surface area is 148 Å². The summed E-state index contributed by atoms with van der Waals surface area (Å²) in [7, 11) is 0. The topological polar surface area (TPSA) is 68.5 Å². The molecule has 2 atom stereocenters. The molecule has 0 aliphatic carbocycles. The first-order valence-electron chi connectivity index (χ1n) is 8.84. The largest absolute Gasteiger partial charge is 0.487 e. The Kier molecular flexibility index (Phi) is 5.66. The summed E-state index contributed by atoms with van der Waals surface area (Å²) in [4.78, 5) is 19.0. The third-order valence-corrected chi connectivity index (χ3v) is 4.63. The van der Waals surface area contributed by atoms with Crippen LogP contribution in [0.1, 0.15) is 42.2 Å². The smallest absolute Gasteiger partial charge is 0.254 e. The minimum absolute atomic E-state index is 0.00905. The van der Waals surface area contributed by atoms with Gasteiger partial charge in [0.2, 0.25) is 0 Å². The van der Waals surface area contributed by atoms with Gasteiger partial charge in [-0.05, 0) is 62.6 Å². The van der Waals surface area contributed by atoms with Gasteiger partial charge in [-0.1, -0.05) is 6.07 Å². The number of rotatable bonds is 5. The van der Waals surface area contributed by atoms with E-state index in [1.807, 2.05) is 54.3 Å². The van der Waals surface area contributed by atoms with Gasteiger partial charge >= 0.3 is 0 Å². The summed E-state index contributed by atoms with van der Waals surface area (Å²) >= 11 is 0. The first kappa shape index (κ1) is 17.4. The molecule has 1 amide bonds. The van der Waals surface area contributed by atoms with Gasteiger partial charge in [0.05, 0.1) is 5.69 Å². The van der Waals surface area contributed by atoms with E-state index in [4.69, 9.17) is 10.5 Å². The van der Waals surface area contributed by atoms with Crippen LogP contribution in [0.3, 0.4) is 0 Å². The minimum Gasteiger partial charge on any atom is -0.487 e. The highest BCUT2D eigenvalue weighted by molar-refractivity contribution is 5.94. The molecule has 0 saturated carbocycles. The molecule has 132 valence electrons. The lowest BCUT2D eigenvalue weighted by Crippen LogP contribution is -2.51. The lowest BCUT2D eigenvalue weighted by molar-refractivity contribution is 0.0584. The van der Waals surface area contributed by atoms with Crippen molar-refractivity contribution in [1.29, 1.82) is 0 Å². The van der Waals surface area contributed by atoms with E-state index in [1.165, 1.54) is 0 Å². The summed E-state index contributed by atoms with van der Waals surface area (Å²) in [5.74, 6) is 0.780. The number of carbonyl (C=O) groups excluding carboxylic acids is 1. The minimum atomic E-state index is -0.00905. The number of nitrogens with zero attached hydrogens (tertiary/aromatic N) is 2. The predicted octanol–water partition coefficient (Wildman–Crippen LogP) is 3.00. The SMILES string of the molecule is CC(N)C1CCCCN1C(=O)c1ccc(OCc2ccccn2)cc1. The second kappa shape index (κ2) is 8.12. The van der Waals surface area contributed by atoms with Gasteiger partial charge in [-0.3, -0.25) is 9.78 Å². The molecule has 1 aromatic heterocycles. The van der Waals surface area contributed by atoms with E-state index in [1.54, 1.807) is 6.20 Å². The predicted molar refractivity (Wildman–Crippen MR) is 97.3 cm³/mol. The molecule has 0 spiro atoms. The highest BCUT2D eigenvalue weighted by Gasteiger charge is 2.29. The summed E-state index contributed by atoms with van der Waals surface area (Å²) in [6, 6.07) is 13.2. The average molecular weight is 339 g/mol. The summed E-state index contributed by atoms with van der Waals surface area (Å²) < 4.78 is 5.72. The Morgan fingerprint density at radius 1 is 1.28 bits per heavy atom. The monoisotopic (exact) mass is 339 g/mol. The third kappa shape index (κ3) is 4.37. The van der Waals surface area contributed by atoms with Crippen LogP contribution in [0.5, 0.6) is 5.75 Å². The van der Waals surface area contributed by atoms with Crippen LogP contribution in [-0.2, 0) is 6.61 Å². The lowest BCUT2D eigenvalue weighted by Gasteiger charge is -2.38. The van der Waals surface area contributed by atoms with Crippen molar-refractivity contribution >= 4 is 5.91 Å². The fourth-order valence-electron chi connectivity index (χ4n) is 3.26. The highest BCUT2D eigenvalue weighted by atomic mass is 16.5. The molecule has 1 aromatic carbocycles. The molecule has 1 aliphatic heterocycles. The molecule has 1 saturated heterocycles. The second-order valence-corrected chi connectivity index (χ2v) is 6.55. The fraction of sp³-hybridized carbons (Fsp3) is 0.400. The number of piperidine rings is 1. The van der Waals surface area contributed by atoms with E-state index < -0.39 is 0 Å². The van der Waals surface area contributed by atoms with Crippen LogP contribution >= 0.6 is 0 Å². The zero-order chi connectivity index (χ0) is 17.6. The third-order valence-electron chi connectivity index (χ3n) is 4.63. The maximum atomic E-state index is 12.8. The van der Waals surface area contributed by atoms with Gasteiger partial charge in [0, 0.05) is 30.4 Å². The molecule has 2 aromatic rings. The van der Waals surface area contributed by atoms with E-state index in [0.717, 1.165) is 37.3 Å². The molecule has 2 unspecified atom stereocenters. The van der Waals surface area contributed by atoms with E-state index in [9.17, 15) is 4.79 Å². The summed E-state index contributed by atoms with van der Waals surface area (Å²) in [6.45, 7) is 3.17. The summed E-state index contributed by atoms with van der Waals surface area (Å²) in [6.07, 6.45) is 4.90. The number of hydrogen-bond acceptors (Lipinski definition) is 4. The molecule has 3 rings (SSSR count). The van der Waals surface area contributed by atoms with E-state index >= 15 is 0 Å². The summed E-state index contributed by atoms with van der Waals surface area (Å²) in [5, 5.41) is 0. The zero-order valence-electron chi connectivity index (χ0n) is 14.6. The van der Waals surface area contributed by atoms with Crippen molar-refractivity contribution in [2.75, 3.05) is 6.54 Å². The number of pyridine rings is 1. The number of nitrogens with two attached hydrogens (primary N) is 1. The number of hydrogen-bond donors (Lipinski definition) is 1. The Bertz CT molecular complexity index is 686. The van der Waals surface area contributed by atoms with Crippen LogP contribution in [0.4, 0.5) is 0 Å². The van der Waals surface area contributed by atoms with Crippen LogP contribution in [0.25, 0.3) is 0 Å². The maximum Gasteiger partial charge on any atom is 0.254 e. The standard InChI is InChI=1S/C20H25N3O2/c1-15(21)19-7-3-5-13-23(19)20(24)16-8-10-18(11-9-16)25-14-17-6-2-4-12-22-17/h2,4,6,8-12,15,19H,3,5,7,13-14,21H2,1H3. The van der Waals surface area contributed by atoms with Crippen molar-refractivity contribution in [3.05, 3.63) is 59.9 Å². The van der Waals surface area contributed by atoms with Crippen molar-refractivity contribution in [3.63, 3.8) is 0 Å². The maximum absolute atomic E-state index is 12.8. The van der Waals surface area contributed by atoms with E-state index in [-0.39, 0.29) is 18.0 Å². The Balaban J connectivity index is 1.64. The number of ether oxygens (including phenoxy) is 1. The summed E-state index contributed by atoms with van der Waals surface area (Å²) in [5.41, 5.74) is 7.62. The van der Waals surface area contributed by atoms with Crippen molar-refractivity contribution in [1.82, 2.24) is 9.88 Å². The molecule has 5 heteroatoms. The van der Waals surface area contributed by atoms with Crippen molar-refractivity contribution in [3.8, 4) is 5.75 Å². The van der Waals surface area contributed by atoms with Gasteiger partial charge in [0.15, 0.2) is 0 Å². The molecule has 2 heterocycles. The first-order chi connectivity index (χ1) is 12.1. The Hall–Kier alpha value is -2.40. The number of benzene rings is 1. The number of amides is 1.